The predicted octanol–water partition coefficient (Wildman–Crippen LogP) is 1.92. The number of methoxy groups -OCH3 is 1. The molecule has 0 fully saturated rings. The van der Waals surface area contributed by atoms with E-state index in [9.17, 15) is 4.79 Å². The van der Waals surface area contributed by atoms with Crippen LogP contribution in [0.15, 0.2) is 17.5 Å². The monoisotopic (exact) mass is 281 g/mol. The van der Waals surface area contributed by atoms with Crippen LogP contribution in [0.1, 0.15) is 31.9 Å². The van der Waals surface area contributed by atoms with Gasteiger partial charge in [0.2, 0.25) is 0 Å². The minimum absolute atomic E-state index is 0.181. The number of nitrogens with one attached hydrogen (secondary N) is 1. The molecule has 1 aromatic heterocycles. The van der Waals surface area contributed by atoms with Crippen molar-refractivity contribution in [3.05, 3.63) is 23.5 Å². The maximum atomic E-state index is 11.6. The van der Waals surface area contributed by atoms with Gasteiger partial charge in [-0.05, 0) is 20.8 Å². The van der Waals surface area contributed by atoms with E-state index in [2.05, 4.69) is 15.5 Å². The lowest BCUT2D eigenvalue weighted by Gasteiger charge is -2.20. The molecule has 1 rings (SSSR count). The largest absolute Gasteiger partial charge is 0.494 e. The summed E-state index contributed by atoms with van der Waals surface area (Å²) in [6, 6.07) is 0. The van der Waals surface area contributed by atoms with Crippen LogP contribution in [-0.4, -0.2) is 35.2 Å². The van der Waals surface area contributed by atoms with E-state index in [1.165, 1.54) is 19.5 Å². The van der Waals surface area contributed by atoms with Gasteiger partial charge in [-0.3, -0.25) is 4.98 Å². The van der Waals surface area contributed by atoms with Crippen molar-refractivity contribution in [2.24, 2.45) is 5.16 Å². The second-order valence-corrected chi connectivity index (χ2v) is 5.01. The number of nitrogens with zero attached hydrogens (tertiary/aromatic N) is 2. The van der Waals surface area contributed by atoms with E-state index >= 15 is 0 Å². The summed E-state index contributed by atoms with van der Waals surface area (Å²) in [6.45, 7) is 5.52. The molecule has 1 aromatic rings. The lowest BCUT2D eigenvalue weighted by molar-refractivity contribution is 0.0523. The zero-order valence-electron chi connectivity index (χ0n) is 12.0. The number of hydrogen-bond acceptors (Lipinski definition) is 6. The molecule has 0 saturated carbocycles. The van der Waals surface area contributed by atoms with Gasteiger partial charge in [0.05, 0.1) is 19.5 Å². The number of hydrogen-bond donors (Lipinski definition) is 2. The van der Waals surface area contributed by atoms with E-state index in [0.29, 0.717) is 16.9 Å². The molecule has 20 heavy (non-hydrogen) atoms. The number of oxime groups is 1. The Balaban J connectivity index is 2.80. The minimum atomic E-state index is -0.563. The van der Waals surface area contributed by atoms with Crippen LogP contribution in [0.5, 0.6) is 5.75 Å². The van der Waals surface area contributed by atoms with Gasteiger partial charge < -0.3 is 20.0 Å². The number of pyridine rings is 1. The summed E-state index contributed by atoms with van der Waals surface area (Å²) >= 11 is 0. The highest BCUT2D eigenvalue weighted by atomic mass is 16.6. The van der Waals surface area contributed by atoms with Gasteiger partial charge in [0.25, 0.3) is 0 Å². The van der Waals surface area contributed by atoms with Crippen LogP contribution < -0.4 is 10.1 Å². The number of rotatable bonds is 4. The van der Waals surface area contributed by atoms with E-state index < -0.39 is 11.7 Å². The standard InChI is InChI=1S/C13H19N3O4/c1-13(2,3)20-12(17)15-6-9-5-14-8-11(19-4)10(9)7-16-18/h5,7-8,18H,6H2,1-4H3,(H,15,17). The highest BCUT2D eigenvalue weighted by molar-refractivity contribution is 5.85. The molecule has 7 heteroatoms. The molecule has 7 nitrogen and oxygen atoms in total. The molecule has 0 aromatic carbocycles. The first-order chi connectivity index (χ1) is 9.37. The van der Waals surface area contributed by atoms with Crippen LogP contribution in [0.25, 0.3) is 0 Å². The van der Waals surface area contributed by atoms with Crippen LogP contribution >= 0.6 is 0 Å². The molecule has 110 valence electrons. The fourth-order valence-corrected chi connectivity index (χ4v) is 1.48. The lowest BCUT2D eigenvalue weighted by atomic mass is 10.1. The third kappa shape index (κ3) is 4.75. The SMILES string of the molecule is COc1cncc(CNC(=O)OC(C)(C)C)c1C=NO. The first kappa shape index (κ1) is 15.7. The topological polar surface area (TPSA) is 93.0 Å². The Morgan fingerprint density at radius 1 is 1.50 bits per heavy atom. The van der Waals surface area contributed by atoms with Gasteiger partial charge in [-0.25, -0.2) is 4.79 Å². The maximum Gasteiger partial charge on any atom is 0.407 e. The summed E-state index contributed by atoms with van der Waals surface area (Å²) in [6.07, 6.45) is 3.74. The molecule has 0 atom stereocenters. The molecular weight excluding hydrogens is 262 g/mol. The molecule has 0 aliphatic carbocycles. The Labute approximate surface area is 117 Å². The summed E-state index contributed by atoms with van der Waals surface area (Å²) in [5, 5.41) is 14.3. The van der Waals surface area contributed by atoms with Crippen molar-refractivity contribution in [3.63, 3.8) is 0 Å². The van der Waals surface area contributed by atoms with Gasteiger partial charge >= 0.3 is 6.09 Å². The first-order valence-corrected chi connectivity index (χ1v) is 6.02. The second kappa shape index (κ2) is 6.74. The molecule has 0 bridgehead atoms. The molecule has 0 aliphatic heterocycles. The molecule has 0 radical (unpaired) electrons. The average Bonchev–Trinajstić information content (AvgIpc) is 2.35. The van der Waals surface area contributed by atoms with Gasteiger partial charge in [-0.1, -0.05) is 5.16 Å². The number of aromatic nitrogens is 1. The Hall–Kier alpha value is -2.31. The third-order valence-corrected chi connectivity index (χ3v) is 2.26. The highest BCUT2D eigenvalue weighted by Gasteiger charge is 2.16. The van der Waals surface area contributed by atoms with Crippen LogP contribution in [0.2, 0.25) is 0 Å². The fourth-order valence-electron chi connectivity index (χ4n) is 1.48. The quantitative estimate of drug-likeness (QED) is 0.499. The van der Waals surface area contributed by atoms with E-state index in [0.717, 1.165) is 0 Å². The normalized spacial score (nSPS) is 11.4. The highest BCUT2D eigenvalue weighted by Crippen LogP contribution is 2.18. The summed E-state index contributed by atoms with van der Waals surface area (Å²) in [7, 11) is 1.48. The fraction of sp³-hybridized carbons (Fsp3) is 0.462. The Morgan fingerprint density at radius 2 is 2.20 bits per heavy atom. The molecule has 0 unspecified atom stereocenters. The number of carbonyl (C=O) groups excluding carboxylic acids is 1. The smallest absolute Gasteiger partial charge is 0.407 e. The Kier molecular flexibility index (Phi) is 5.31. The third-order valence-electron chi connectivity index (χ3n) is 2.26. The van der Waals surface area contributed by atoms with E-state index in [1.807, 2.05) is 0 Å². The molecule has 0 saturated heterocycles. The van der Waals surface area contributed by atoms with Crippen molar-refractivity contribution in [3.8, 4) is 5.75 Å². The van der Waals surface area contributed by atoms with Crippen LogP contribution in [0.4, 0.5) is 4.79 Å². The minimum Gasteiger partial charge on any atom is -0.494 e. The second-order valence-electron chi connectivity index (χ2n) is 5.01. The van der Waals surface area contributed by atoms with Crippen molar-refractivity contribution < 1.29 is 19.5 Å². The van der Waals surface area contributed by atoms with Gasteiger partial charge in [0.1, 0.15) is 11.4 Å². The number of ether oxygens (including phenoxy) is 2. The average molecular weight is 281 g/mol. The van der Waals surface area contributed by atoms with Crippen molar-refractivity contribution in [1.82, 2.24) is 10.3 Å². The Morgan fingerprint density at radius 3 is 2.75 bits per heavy atom. The Bertz CT molecular complexity index is 495. The summed E-state index contributed by atoms with van der Waals surface area (Å²) in [4.78, 5) is 15.6. The van der Waals surface area contributed by atoms with E-state index in [-0.39, 0.29) is 6.54 Å². The molecule has 1 heterocycles. The van der Waals surface area contributed by atoms with Crippen LogP contribution in [-0.2, 0) is 11.3 Å². The van der Waals surface area contributed by atoms with Gasteiger partial charge in [0.15, 0.2) is 0 Å². The molecule has 0 spiro atoms. The van der Waals surface area contributed by atoms with Gasteiger partial charge in [-0.2, -0.15) is 0 Å². The van der Waals surface area contributed by atoms with Gasteiger partial charge in [-0.15, -0.1) is 0 Å². The molecule has 0 aliphatic rings. The van der Waals surface area contributed by atoms with Crippen LogP contribution in [0, 0.1) is 0 Å². The summed E-state index contributed by atoms with van der Waals surface area (Å²) in [5.74, 6) is 0.450. The molecule has 2 N–H and O–H groups in total. The predicted molar refractivity (Wildman–Crippen MR) is 73.2 cm³/mol. The number of alkyl carbamates (subject to hydrolysis) is 1. The lowest BCUT2D eigenvalue weighted by Crippen LogP contribution is -2.32. The van der Waals surface area contributed by atoms with Gasteiger partial charge in [0, 0.05) is 23.9 Å². The summed E-state index contributed by atoms with van der Waals surface area (Å²) in [5.41, 5.74) is 0.626. The zero-order chi connectivity index (χ0) is 15.2. The van der Waals surface area contributed by atoms with Crippen molar-refractivity contribution >= 4 is 12.3 Å². The first-order valence-electron chi connectivity index (χ1n) is 6.02. The maximum absolute atomic E-state index is 11.6. The van der Waals surface area contributed by atoms with Crippen molar-refractivity contribution in [1.29, 1.82) is 0 Å². The summed E-state index contributed by atoms with van der Waals surface area (Å²) < 4.78 is 10.2. The number of amides is 1. The van der Waals surface area contributed by atoms with E-state index in [4.69, 9.17) is 14.7 Å². The van der Waals surface area contributed by atoms with Crippen LogP contribution in [0.3, 0.4) is 0 Å². The van der Waals surface area contributed by atoms with Crippen molar-refractivity contribution in [2.75, 3.05) is 7.11 Å². The van der Waals surface area contributed by atoms with Crippen molar-refractivity contribution in [2.45, 2.75) is 32.9 Å². The molecular formula is C13H19N3O4. The number of carbonyl (C=O) groups is 1. The molecule has 1 amide bonds. The zero-order valence-corrected chi connectivity index (χ0v) is 12.0. The van der Waals surface area contributed by atoms with E-state index in [1.54, 1.807) is 27.0 Å².